The number of aliphatic hydroxyl groups excluding tert-OH is 1. The summed E-state index contributed by atoms with van der Waals surface area (Å²) in [6.07, 6.45) is 1.04. The fourth-order valence-corrected chi connectivity index (χ4v) is 2.71. The Balaban J connectivity index is 1.85. The molecule has 0 radical (unpaired) electrons. The van der Waals surface area contributed by atoms with Gasteiger partial charge in [0.15, 0.2) is 11.4 Å². The van der Waals surface area contributed by atoms with Crippen LogP contribution in [0.15, 0.2) is 29.2 Å². The Morgan fingerprint density at radius 1 is 1.29 bits per heavy atom. The fourth-order valence-electron chi connectivity index (χ4n) is 2.71. The summed E-state index contributed by atoms with van der Waals surface area (Å²) in [5, 5.41) is 21.4. The van der Waals surface area contributed by atoms with Crippen molar-refractivity contribution in [2.24, 2.45) is 0 Å². The second-order valence-corrected chi connectivity index (χ2v) is 5.97. The molecule has 0 spiro atoms. The summed E-state index contributed by atoms with van der Waals surface area (Å²) >= 11 is 0. The van der Waals surface area contributed by atoms with Crippen molar-refractivity contribution in [3.8, 4) is 5.75 Å². The Morgan fingerprint density at radius 3 is 2.71 bits per heavy atom. The maximum absolute atomic E-state index is 13.6. The Kier molecular flexibility index (Phi) is 5.27. The fraction of sp³-hybridized carbons (Fsp3) is 0.235. The van der Waals surface area contributed by atoms with Gasteiger partial charge in [-0.2, -0.15) is 0 Å². The highest BCUT2D eigenvalue weighted by Gasteiger charge is 2.30. The van der Waals surface area contributed by atoms with Crippen LogP contribution < -0.4 is 16.2 Å². The first-order chi connectivity index (χ1) is 13.3. The molecule has 2 amide bonds. The average molecular weight is 394 g/mol. The minimum absolute atomic E-state index is 0.00461. The van der Waals surface area contributed by atoms with E-state index in [4.69, 9.17) is 5.11 Å². The lowest BCUT2D eigenvalue weighted by Crippen LogP contribution is -2.48. The molecule has 0 aliphatic carbocycles. The van der Waals surface area contributed by atoms with Crippen molar-refractivity contribution in [2.45, 2.75) is 6.54 Å². The van der Waals surface area contributed by atoms with E-state index in [1.807, 2.05) is 0 Å². The van der Waals surface area contributed by atoms with Crippen molar-refractivity contribution < 1.29 is 28.6 Å². The number of benzene rings is 1. The van der Waals surface area contributed by atoms with Crippen molar-refractivity contribution in [3.63, 3.8) is 0 Å². The van der Waals surface area contributed by atoms with E-state index in [1.54, 1.807) is 0 Å². The van der Waals surface area contributed by atoms with E-state index < -0.39 is 40.2 Å². The van der Waals surface area contributed by atoms with Gasteiger partial charge in [-0.3, -0.25) is 19.1 Å². The molecule has 1 aliphatic heterocycles. The third-order valence-electron chi connectivity index (χ3n) is 4.17. The third kappa shape index (κ3) is 3.51. The topological polar surface area (TPSA) is 124 Å². The molecule has 4 N–H and O–H groups in total. The number of halogens is 2. The molecular weight excluding hydrogens is 378 g/mol. The minimum Gasteiger partial charge on any atom is -0.502 e. The molecule has 2 heterocycles. The summed E-state index contributed by atoms with van der Waals surface area (Å²) in [6, 6.07) is 2.84. The van der Waals surface area contributed by atoms with E-state index in [1.165, 1.54) is 4.90 Å². The normalized spacial score (nSPS) is 13.1. The van der Waals surface area contributed by atoms with Crippen LogP contribution in [0.2, 0.25) is 0 Å². The lowest BCUT2D eigenvalue weighted by molar-refractivity contribution is 0.0687. The number of aromatic nitrogens is 1. The number of carbonyl (C=O) groups excluding carboxylic acids is 2. The standard InChI is InChI=1S/C17H16F2N4O5/c18-10-2-1-9(12(19)5-10)6-20-16(27)11-7-23-13(15(26)14(11)25)17(28)22(3-4-24)8-21-23/h1-2,5,7,21,24,26H,3-4,6,8H2,(H,20,27). The first-order valence-electron chi connectivity index (χ1n) is 8.18. The van der Waals surface area contributed by atoms with Gasteiger partial charge in [-0.15, -0.1) is 0 Å². The SMILES string of the molecule is O=C(NCc1ccc(F)cc1F)c1cn2c(c(O)c1=O)C(=O)N(CCO)CN2. The van der Waals surface area contributed by atoms with Gasteiger partial charge in [0.2, 0.25) is 5.43 Å². The van der Waals surface area contributed by atoms with E-state index in [0.717, 1.165) is 23.0 Å². The number of nitrogens with zero attached hydrogens (tertiary/aromatic N) is 2. The minimum atomic E-state index is -1.08. The summed E-state index contributed by atoms with van der Waals surface area (Å²) < 4.78 is 27.6. The molecule has 0 bridgehead atoms. The van der Waals surface area contributed by atoms with Gasteiger partial charge in [-0.1, -0.05) is 6.07 Å². The molecule has 0 saturated carbocycles. The van der Waals surface area contributed by atoms with E-state index in [9.17, 15) is 28.3 Å². The van der Waals surface area contributed by atoms with Crippen molar-refractivity contribution in [1.29, 1.82) is 0 Å². The van der Waals surface area contributed by atoms with E-state index >= 15 is 0 Å². The molecule has 9 nitrogen and oxygen atoms in total. The maximum atomic E-state index is 13.6. The molecule has 2 aromatic rings. The maximum Gasteiger partial charge on any atom is 0.277 e. The Morgan fingerprint density at radius 2 is 2.04 bits per heavy atom. The van der Waals surface area contributed by atoms with Crippen LogP contribution >= 0.6 is 0 Å². The lowest BCUT2D eigenvalue weighted by atomic mass is 10.1. The number of nitrogens with one attached hydrogen (secondary N) is 2. The predicted octanol–water partition coefficient (Wildman–Crippen LogP) is -0.289. The predicted molar refractivity (Wildman–Crippen MR) is 92.2 cm³/mol. The highest BCUT2D eigenvalue weighted by atomic mass is 19.1. The summed E-state index contributed by atoms with van der Waals surface area (Å²) in [7, 11) is 0. The van der Waals surface area contributed by atoms with Crippen LogP contribution in [0.4, 0.5) is 8.78 Å². The largest absolute Gasteiger partial charge is 0.502 e. The summed E-state index contributed by atoms with van der Waals surface area (Å²) in [6.45, 7) is -0.649. The Hall–Kier alpha value is -3.47. The molecule has 3 rings (SSSR count). The average Bonchev–Trinajstić information content (AvgIpc) is 2.65. The van der Waals surface area contributed by atoms with Crippen molar-refractivity contribution in [1.82, 2.24) is 14.9 Å². The van der Waals surface area contributed by atoms with Crippen molar-refractivity contribution in [3.05, 3.63) is 63.1 Å². The van der Waals surface area contributed by atoms with Crippen LogP contribution in [0.3, 0.4) is 0 Å². The summed E-state index contributed by atoms with van der Waals surface area (Å²) in [5.41, 5.74) is 0.794. The number of carbonyl (C=O) groups is 2. The number of amides is 2. The molecular formula is C17H16F2N4O5. The van der Waals surface area contributed by atoms with Gasteiger partial charge in [0.1, 0.15) is 23.9 Å². The van der Waals surface area contributed by atoms with Gasteiger partial charge in [-0.05, 0) is 6.07 Å². The number of rotatable bonds is 5. The Bertz CT molecular complexity index is 1010. The van der Waals surface area contributed by atoms with E-state index in [2.05, 4.69) is 10.7 Å². The third-order valence-corrected chi connectivity index (χ3v) is 4.17. The molecule has 0 atom stereocenters. The Labute approximate surface area is 156 Å². The molecule has 28 heavy (non-hydrogen) atoms. The highest BCUT2D eigenvalue weighted by molar-refractivity contribution is 5.99. The smallest absolute Gasteiger partial charge is 0.277 e. The highest BCUT2D eigenvalue weighted by Crippen LogP contribution is 2.18. The number of hydrogen-bond donors (Lipinski definition) is 4. The number of fused-ring (bicyclic) bond motifs is 1. The summed E-state index contributed by atoms with van der Waals surface area (Å²) in [4.78, 5) is 38.1. The van der Waals surface area contributed by atoms with Crippen LogP contribution in [0.5, 0.6) is 5.75 Å². The molecule has 11 heteroatoms. The molecule has 0 fully saturated rings. The van der Waals surface area contributed by atoms with E-state index in [0.29, 0.717) is 6.07 Å². The summed E-state index contributed by atoms with van der Waals surface area (Å²) in [5.74, 6) is -4.16. The first-order valence-corrected chi connectivity index (χ1v) is 8.18. The molecule has 1 aliphatic rings. The molecule has 0 unspecified atom stereocenters. The zero-order valence-corrected chi connectivity index (χ0v) is 14.4. The zero-order valence-electron chi connectivity index (χ0n) is 14.4. The zero-order chi connectivity index (χ0) is 20.4. The first kappa shape index (κ1) is 19.3. The number of pyridine rings is 1. The number of aromatic hydroxyl groups is 1. The number of β-amino-alcohol motifs (C(OH)–C–C–N with tert-alkyl or cyclic N) is 1. The monoisotopic (exact) mass is 394 g/mol. The van der Waals surface area contributed by atoms with Crippen LogP contribution in [0.25, 0.3) is 0 Å². The van der Waals surface area contributed by atoms with Crippen LogP contribution in [-0.2, 0) is 6.54 Å². The van der Waals surface area contributed by atoms with Gasteiger partial charge in [-0.25, -0.2) is 8.78 Å². The van der Waals surface area contributed by atoms with Gasteiger partial charge in [0.25, 0.3) is 11.8 Å². The molecule has 0 saturated heterocycles. The number of aliphatic hydroxyl groups is 1. The second kappa shape index (κ2) is 7.64. The van der Waals surface area contributed by atoms with Gasteiger partial charge in [0, 0.05) is 30.9 Å². The van der Waals surface area contributed by atoms with Crippen molar-refractivity contribution >= 4 is 11.8 Å². The second-order valence-electron chi connectivity index (χ2n) is 5.97. The van der Waals surface area contributed by atoms with Gasteiger partial charge < -0.3 is 25.9 Å². The quantitative estimate of drug-likeness (QED) is 0.553. The van der Waals surface area contributed by atoms with Crippen LogP contribution in [0.1, 0.15) is 26.4 Å². The van der Waals surface area contributed by atoms with Gasteiger partial charge in [0.05, 0.1) is 6.61 Å². The van der Waals surface area contributed by atoms with Crippen molar-refractivity contribution in [2.75, 3.05) is 25.2 Å². The van der Waals surface area contributed by atoms with Gasteiger partial charge >= 0.3 is 0 Å². The molecule has 1 aromatic heterocycles. The van der Waals surface area contributed by atoms with E-state index in [-0.39, 0.29) is 37.6 Å². The number of hydrogen-bond acceptors (Lipinski definition) is 6. The molecule has 1 aromatic carbocycles. The van der Waals surface area contributed by atoms with Crippen LogP contribution in [0, 0.1) is 11.6 Å². The molecule has 148 valence electrons. The van der Waals surface area contributed by atoms with Crippen LogP contribution in [-0.4, -0.2) is 51.4 Å². The lowest BCUT2D eigenvalue weighted by Gasteiger charge is -2.31.